The number of anilines is 1. The third kappa shape index (κ3) is 4.65. The highest BCUT2D eigenvalue weighted by Gasteiger charge is 2.25. The normalized spacial score (nSPS) is 15.5. The average molecular weight is 461 g/mol. The molecule has 174 valence electrons. The zero-order valence-electron chi connectivity index (χ0n) is 18.7. The van der Waals surface area contributed by atoms with Gasteiger partial charge in [-0.25, -0.2) is 8.78 Å². The van der Waals surface area contributed by atoms with Crippen LogP contribution in [0.25, 0.3) is 10.9 Å². The van der Waals surface area contributed by atoms with Crippen molar-refractivity contribution in [3.63, 3.8) is 0 Å². The maximum Gasteiger partial charge on any atom is 0.123 e. The summed E-state index contributed by atoms with van der Waals surface area (Å²) in [5, 5.41) is 15.2. The van der Waals surface area contributed by atoms with Gasteiger partial charge in [0.1, 0.15) is 17.7 Å². The number of aliphatic hydroxyl groups is 1. The molecule has 2 N–H and O–H groups in total. The first kappa shape index (κ1) is 22.4. The Hall–Kier alpha value is -3.35. The number of halogens is 2. The summed E-state index contributed by atoms with van der Waals surface area (Å²) in [4.78, 5) is 4.78. The fourth-order valence-corrected chi connectivity index (χ4v) is 4.64. The highest BCUT2D eigenvalue weighted by atomic mass is 19.1. The maximum absolute atomic E-state index is 13.5. The summed E-state index contributed by atoms with van der Waals surface area (Å²) in [5.74, 6) is -0.646. The minimum atomic E-state index is -0.546. The number of hydrogen-bond donors (Lipinski definition) is 2. The Morgan fingerprint density at radius 2 is 1.59 bits per heavy atom. The van der Waals surface area contributed by atoms with Crippen LogP contribution in [0.2, 0.25) is 0 Å². The lowest BCUT2D eigenvalue weighted by Gasteiger charge is -2.26. The Morgan fingerprint density at radius 1 is 0.941 bits per heavy atom. The molecular formula is C28H26F2N2O2. The summed E-state index contributed by atoms with van der Waals surface area (Å²) in [5.41, 5.74) is 5.19. The van der Waals surface area contributed by atoms with Crippen molar-refractivity contribution in [2.45, 2.75) is 31.5 Å². The van der Waals surface area contributed by atoms with Gasteiger partial charge >= 0.3 is 0 Å². The van der Waals surface area contributed by atoms with E-state index in [1.54, 1.807) is 24.3 Å². The molecule has 1 unspecified atom stereocenters. The van der Waals surface area contributed by atoms with E-state index in [1.807, 2.05) is 24.3 Å². The summed E-state index contributed by atoms with van der Waals surface area (Å²) in [6.45, 7) is 0.840. The predicted molar refractivity (Wildman–Crippen MR) is 129 cm³/mol. The Balaban J connectivity index is 1.37. The first-order chi connectivity index (χ1) is 16.6. The number of nitrogens with zero attached hydrogens (tertiary/aromatic N) is 1. The first-order valence-electron chi connectivity index (χ1n) is 11.6. The second kappa shape index (κ2) is 9.87. The number of aromatic nitrogens is 1. The van der Waals surface area contributed by atoms with E-state index < -0.39 is 12.2 Å². The Labute approximate surface area is 197 Å². The molecule has 0 saturated heterocycles. The number of rotatable bonds is 7. The fraction of sp³-hybridized carbons (Fsp3) is 0.250. The molecule has 1 atom stereocenters. The molecule has 34 heavy (non-hydrogen) atoms. The molecule has 0 amide bonds. The molecule has 6 heteroatoms. The zero-order valence-corrected chi connectivity index (χ0v) is 18.7. The first-order valence-corrected chi connectivity index (χ1v) is 11.6. The van der Waals surface area contributed by atoms with E-state index in [-0.39, 0.29) is 11.6 Å². The summed E-state index contributed by atoms with van der Waals surface area (Å²) < 4.78 is 33.2. The van der Waals surface area contributed by atoms with Crippen LogP contribution in [-0.4, -0.2) is 23.2 Å². The minimum absolute atomic E-state index is 0.323. The van der Waals surface area contributed by atoms with E-state index >= 15 is 0 Å². The van der Waals surface area contributed by atoms with Crippen molar-refractivity contribution in [2.75, 3.05) is 18.5 Å². The molecule has 0 bridgehead atoms. The molecule has 5 rings (SSSR count). The molecule has 0 saturated carbocycles. The fourth-order valence-electron chi connectivity index (χ4n) is 4.64. The van der Waals surface area contributed by atoms with Gasteiger partial charge in [0.2, 0.25) is 0 Å². The maximum atomic E-state index is 13.5. The SMILES string of the molecule is OC1CCCc2nc3ccccc3c(NCCOC(c3ccc(F)cc3)c3ccc(F)cc3)c21. The van der Waals surface area contributed by atoms with Crippen molar-refractivity contribution in [3.05, 3.63) is 107 Å². The number of nitrogens with one attached hydrogen (secondary N) is 1. The van der Waals surface area contributed by atoms with Crippen LogP contribution in [0.3, 0.4) is 0 Å². The van der Waals surface area contributed by atoms with Crippen molar-refractivity contribution >= 4 is 16.6 Å². The highest BCUT2D eigenvalue weighted by molar-refractivity contribution is 5.93. The summed E-state index contributed by atoms with van der Waals surface area (Å²) >= 11 is 0. The van der Waals surface area contributed by atoms with Crippen LogP contribution >= 0.6 is 0 Å². The van der Waals surface area contributed by atoms with Gasteiger partial charge in [-0.3, -0.25) is 4.98 Å². The minimum Gasteiger partial charge on any atom is -0.388 e. The Morgan fingerprint density at radius 3 is 2.26 bits per heavy atom. The third-order valence-corrected chi connectivity index (χ3v) is 6.27. The number of benzene rings is 3. The number of ether oxygens (including phenoxy) is 1. The van der Waals surface area contributed by atoms with Gasteiger partial charge in [-0.2, -0.15) is 0 Å². The second-order valence-corrected chi connectivity index (χ2v) is 8.55. The van der Waals surface area contributed by atoms with E-state index in [4.69, 9.17) is 9.72 Å². The van der Waals surface area contributed by atoms with Crippen molar-refractivity contribution in [1.29, 1.82) is 0 Å². The number of pyridine rings is 1. The average Bonchev–Trinajstić information content (AvgIpc) is 2.85. The largest absolute Gasteiger partial charge is 0.388 e. The van der Waals surface area contributed by atoms with E-state index in [9.17, 15) is 13.9 Å². The second-order valence-electron chi connectivity index (χ2n) is 8.55. The number of fused-ring (bicyclic) bond motifs is 2. The van der Waals surface area contributed by atoms with E-state index in [2.05, 4.69) is 5.32 Å². The lowest BCUT2D eigenvalue weighted by Crippen LogP contribution is -2.18. The standard InChI is InChI=1S/C28H26F2N2O2/c29-20-12-8-18(9-13-20)28(19-10-14-21(30)15-11-19)34-17-16-31-27-22-4-1-2-5-23(22)32-24-6-3-7-25(33)26(24)27/h1-2,4-5,8-15,25,28,33H,3,6-7,16-17H2,(H,31,32). The van der Waals surface area contributed by atoms with Crippen LogP contribution in [0.15, 0.2) is 72.8 Å². The summed E-state index contributed by atoms with van der Waals surface area (Å²) in [7, 11) is 0. The van der Waals surface area contributed by atoms with Crippen LogP contribution in [0.5, 0.6) is 0 Å². The predicted octanol–water partition coefficient (Wildman–Crippen LogP) is 6.10. The molecule has 4 nitrogen and oxygen atoms in total. The molecule has 1 aliphatic carbocycles. The van der Waals surface area contributed by atoms with Gasteiger partial charge in [-0.15, -0.1) is 0 Å². The van der Waals surface area contributed by atoms with Crippen molar-refractivity contribution in [1.82, 2.24) is 4.98 Å². The van der Waals surface area contributed by atoms with Gasteiger partial charge in [-0.05, 0) is 60.7 Å². The number of aliphatic hydroxyl groups excluding tert-OH is 1. The molecule has 0 spiro atoms. The summed E-state index contributed by atoms with van der Waals surface area (Å²) in [6, 6.07) is 20.2. The Kier molecular flexibility index (Phi) is 6.52. The van der Waals surface area contributed by atoms with Gasteiger partial charge in [0.05, 0.1) is 23.9 Å². The van der Waals surface area contributed by atoms with E-state index in [0.717, 1.165) is 58.2 Å². The van der Waals surface area contributed by atoms with Gasteiger partial charge < -0.3 is 15.2 Å². The van der Waals surface area contributed by atoms with E-state index in [0.29, 0.717) is 13.2 Å². The van der Waals surface area contributed by atoms with Crippen LogP contribution in [0, 0.1) is 11.6 Å². The smallest absolute Gasteiger partial charge is 0.123 e. The number of hydrogen-bond acceptors (Lipinski definition) is 4. The van der Waals surface area contributed by atoms with Gasteiger partial charge in [0, 0.05) is 23.2 Å². The van der Waals surface area contributed by atoms with Crippen LogP contribution in [-0.2, 0) is 11.2 Å². The highest BCUT2D eigenvalue weighted by Crippen LogP contribution is 2.38. The number of aryl methyl sites for hydroxylation is 1. The molecule has 0 radical (unpaired) electrons. The molecule has 4 aromatic rings. The lowest BCUT2D eigenvalue weighted by atomic mass is 9.90. The van der Waals surface area contributed by atoms with Crippen molar-refractivity contribution in [2.24, 2.45) is 0 Å². The quantitative estimate of drug-likeness (QED) is 0.327. The van der Waals surface area contributed by atoms with Gasteiger partial charge in [0.15, 0.2) is 0 Å². The Bertz CT molecular complexity index is 1230. The lowest BCUT2D eigenvalue weighted by molar-refractivity contribution is 0.0882. The van der Waals surface area contributed by atoms with Crippen LogP contribution < -0.4 is 5.32 Å². The molecule has 1 aliphatic rings. The van der Waals surface area contributed by atoms with Gasteiger partial charge in [0.25, 0.3) is 0 Å². The molecule has 3 aromatic carbocycles. The molecular weight excluding hydrogens is 434 g/mol. The molecule has 0 aliphatic heterocycles. The van der Waals surface area contributed by atoms with Gasteiger partial charge in [-0.1, -0.05) is 42.5 Å². The van der Waals surface area contributed by atoms with Crippen LogP contribution in [0.1, 0.15) is 47.4 Å². The molecule has 1 heterocycles. The van der Waals surface area contributed by atoms with E-state index in [1.165, 1.54) is 24.3 Å². The topological polar surface area (TPSA) is 54.4 Å². The monoisotopic (exact) mass is 460 g/mol. The molecule has 1 aromatic heterocycles. The zero-order chi connectivity index (χ0) is 23.5. The summed E-state index contributed by atoms with van der Waals surface area (Å²) in [6.07, 6.45) is 1.47. The van der Waals surface area contributed by atoms with Crippen LogP contribution in [0.4, 0.5) is 14.5 Å². The molecule has 0 fully saturated rings. The number of para-hydroxylation sites is 1. The van der Waals surface area contributed by atoms with Crippen molar-refractivity contribution in [3.8, 4) is 0 Å². The third-order valence-electron chi connectivity index (χ3n) is 6.27. The van der Waals surface area contributed by atoms with Crippen molar-refractivity contribution < 1.29 is 18.6 Å².